The molecule has 1 aromatic rings. The van der Waals surface area contributed by atoms with Crippen molar-refractivity contribution in [2.75, 3.05) is 0 Å². The zero-order chi connectivity index (χ0) is 11.0. The van der Waals surface area contributed by atoms with E-state index in [-0.39, 0.29) is 0 Å². The molecule has 0 spiro atoms. The van der Waals surface area contributed by atoms with E-state index in [0.29, 0.717) is 0 Å². The molecule has 2 saturated carbocycles. The van der Waals surface area contributed by atoms with Gasteiger partial charge in [-0.3, -0.25) is 4.79 Å². The van der Waals surface area contributed by atoms with Crippen LogP contribution in [0.5, 0.6) is 0 Å². The Hall–Kier alpha value is -1.37. The molecular weight excluding hydrogens is 196 g/mol. The largest absolute Gasteiger partial charge is 0.298 e. The Bertz CT molecular complexity index is 445. The number of carbonyl (C=O) groups is 1. The molecule has 0 aromatic heterocycles. The summed E-state index contributed by atoms with van der Waals surface area (Å²) in [6.45, 7) is 0. The van der Waals surface area contributed by atoms with Crippen molar-refractivity contribution in [2.45, 2.75) is 25.7 Å². The van der Waals surface area contributed by atoms with Crippen LogP contribution < -0.4 is 0 Å². The fourth-order valence-electron chi connectivity index (χ4n) is 3.22. The van der Waals surface area contributed by atoms with E-state index in [1.54, 1.807) is 5.57 Å². The van der Waals surface area contributed by atoms with Crippen LogP contribution in [0, 0.1) is 11.8 Å². The Morgan fingerprint density at radius 2 is 1.94 bits per heavy atom. The Morgan fingerprint density at radius 1 is 1.12 bits per heavy atom. The fourth-order valence-corrected chi connectivity index (χ4v) is 3.22. The summed E-state index contributed by atoms with van der Waals surface area (Å²) in [5.74, 6) is 1.74. The van der Waals surface area contributed by atoms with Gasteiger partial charge in [0.25, 0.3) is 0 Å². The Morgan fingerprint density at radius 3 is 2.56 bits per heavy atom. The Labute approximate surface area is 96.2 Å². The van der Waals surface area contributed by atoms with E-state index in [4.69, 9.17) is 0 Å². The van der Waals surface area contributed by atoms with Crippen LogP contribution in [-0.2, 0) is 0 Å². The van der Waals surface area contributed by atoms with Crippen LogP contribution >= 0.6 is 0 Å². The molecule has 16 heavy (non-hydrogen) atoms. The van der Waals surface area contributed by atoms with Crippen LogP contribution in [0.4, 0.5) is 0 Å². The molecule has 1 nitrogen and oxygen atoms in total. The molecule has 0 saturated heterocycles. The average molecular weight is 212 g/mol. The summed E-state index contributed by atoms with van der Waals surface area (Å²) >= 11 is 0. The summed E-state index contributed by atoms with van der Waals surface area (Å²) in [7, 11) is 0. The maximum atomic E-state index is 10.9. The lowest BCUT2D eigenvalue weighted by Crippen LogP contribution is -1.98. The van der Waals surface area contributed by atoms with Crippen molar-refractivity contribution >= 4 is 12.4 Å². The van der Waals surface area contributed by atoms with E-state index in [9.17, 15) is 4.79 Å². The van der Waals surface area contributed by atoms with E-state index in [0.717, 1.165) is 29.2 Å². The van der Waals surface area contributed by atoms with Crippen molar-refractivity contribution in [3.8, 4) is 0 Å². The summed E-state index contributed by atoms with van der Waals surface area (Å²) in [6, 6.07) is 7.87. The highest BCUT2D eigenvalue weighted by Gasteiger charge is 2.34. The van der Waals surface area contributed by atoms with Crippen LogP contribution in [0.25, 0.3) is 6.08 Å². The van der Waals surface area contributed by atoms with Gasteiger partial charge in [0.05, 0.1) is 0 Å². The molecule has 2 aliphatic rings. The van der Waals surface area contributed by atoms with Crippen molar-refractivity contribution in [3.05, 3.63) is 41.0 Å². The van der Waals surface area contributed by atoms with Gasteiger partial charge in [-0.1, -0.05) is 35.9 Å². The molecule has 1 heteroatoms. The summed E-state index contributed by atoms with van der Waals surface area (Å²) in [5, 5.41) is 0. The quantitative estimate of drug-likeness (QED) is 0.683. The highest BCUT2D eigenvalue weighted by Crippen LogP contribution is 2.48. The minimum atomic E-state index is 0.810. The Kier molecular flexibility index (Phi) is 2.39. The monoisotopic (exact) mass is 212 g/mol. The molecule has 2 fully saturated rings. The third kappa shape index (κ3) is 1.60. The zero-order valence-electron chi connectivity index (χ0n) is 9.36. The standard InChI is InChI=1S/C15H16O/c16-10-14-4-2-1-3-12(14)9-15-8-11-5-6-13(15)7-11/h1-4,9-11,13H,5-8H2. The molecule has 2 atom stereocenters. The summed E-state index contributed by atoms with van der Waals surface area (Å²) in [4.78, 5) is 10.9. The molecule has 0 radical (unpaired) electrons. The highest BCUT2D eigenvalue weighted by molar-refractivity contribution is 5.82. The number of aldehydes is 1. The normalized spacial score (nSPS) is 29.9. The van der Waals surface area contributed by atoms with E-state index >= 15 is 0 Å². The minimum Gasteiger partial charge on any atom is -0.298 e. The van der Waals surface area contributed by atoms with E-state index in [2.05, 4.69) is 6.08 Å². The first-order valence-electron chi connectivity index (χ1n) is 6.11. The lowest BCUT2D eigenvalue weighted by Gasteiger charge is -2.13. The van der Waals surface area contributed by atoms with Crippen molar-refractivity contribution in [1.82, 2.24) is 0 Å². The van der Waals surface area contributed by atoms with E-state index in [1.807, 2.05) is 24.3 Å². The first kappa shape index (κ1) is 9.83. The number of allylic oxidation sites excluding steroid dienone is 1. The molecule has 2 unspecified atom stereocenters. The lowest BCUT2D eigenvalue weighted by molar-refractivity contribution is 0.112. The summed E-state index contributed by atoms with van der Waals surface area (Å²) in [5.41, 5.74) is 3.49. The molecule has 0 amide bonds. The van der Waals surface area contributed by atoms with Gasteiger partial charge in [0.1, 0.15) is 0 Å². The second kappa shape index (κ2) is 3.89. The van der Waals surface area contributed by atoms with Gasteiger partial charge < -0.3 is 0 Å². The number of benzene rings is 1. The number of fused-ring (bicyclic) bond motifs is 2. The SMILES string of the molecule is O=Cc1ccccc1C=C1CC2CCC1C2. The third-order valence-electron chi connectivity index (χ3n) is 4.05. The van der Waals surface area contributed by atoms with Gasteiger partial charge in [0.15, 0.2) is 6.29 Å². The maximum Gasteiger partial charge on any atom is 0.150 e. The number of rotatable bonds is 2. The molecule has 0 N–H and O–H groups in total. The molecule has 2 bridgehead atoms. The molecular formula is C15H16O. The van der Waals surface area contributed by atoms with Crippen LogP contribution in [-0.4, -0.2) is 6.29 Å². The topological polar surface area (TPSA) is 17.1 Å². The minimum absolute atomic E-state index is 0.810. The van der Waals surface area contributed by atoms with Crippen molar-refractivity contribution in [3.63, 3.8) is 0 Å². The summed E-state index contributed by atoms with van der Waals surface area (Å²) in [6.07, 6.45) is 8.64. The van der Waals surface area contributed by atoms with Gasteiger partial charge in [-0.05, 0) is 43.1 Å². The van der Waals surface area contributed by atoms with Gasteiger partial charge in [0.2, 0.25) is 0 Å². The predicted molar refractivity (Wildman–Crippen MR) is 65.3 cm³/mol. The second-order valence-electron chi connectivity index (χ2n) is 5.05. The molecule has 2 aliphatic carbocycles. The van der Waals surface area contributed by atoms with Gasteiger partial charge in [-0.25, -0.2) is 0 Å². The van der Waals surface area contributed by atoms with Crippen LogP contribution in [0.15, 0.2) is 29.8 Å². The van der Waals surface area contributed by atoms with Crippen molar-refractivity contribution < 1.29 is 4.79 Å². The fraction of sp³-hybridized carbons (Fsp3) is 0.400. The lowest BCUT2D eigenvalue weighted by atomic mass is 9.92. The maximum absolute atomic E-state index is 10.9. The van der Waals surface area contributed by atoms with Crippen LogP contribution in [0.1, 0.15) is 41.6 Å². The van der Waals surface area contributed by atoms with Gasteiger partial charge in [0, 0.05) is 5.56 Å². The number of carbonyl (C=O) groups excluding carboxylic acids is 1. The average Bonchev–Trinajstić information content (AvgIpc) is 2.92. The molecule has 3 rings (SSSR count). The van der Waals surface area contributed by atoms with E-state index < -0.39 is 0 Å². The third-order valence-corrected chi connectivity index (χ3v) is 4.05. The first-order chi connectivity index (χ1) is 7.86. The van der Waals surface area contributed by atoms with Crippen LogP contribution in [0.2, 0.25) is 0 Å². The molecule has 1 aromatic carbocycles. The zero-order valence-corrected chi connectivity index (χ0v) is 9.36. The first-order valence-corrected chi connectivity index (χ1v) is 6.11. The molecule has 0 heterocycles. The molecule has 82 valence electrons. The number of hydrogen-bond donors (Lipinski definition) is 0. The summed E-state index contributed by atoms with van der Waals surface area (Å²) < 4.78 is 0. The van der Waals surface area contributed by atoms with Crippen molar-refractivity contribution in [2.24, 2.45) is 11.8 Å². The van der Waals surface area contributed by atoms with Gasteiger partial charge >= 0.3 is 0 Å². The van der Waals surface area contributed by atoms with E-state index in [1.165, 1.54) is 25.7 Å². The van der Waals surface area contributed by atoms with Gasteiger partial charge in [-0.15, -0.1) is 0 Å². The smallest absolute Gasteiger partial charge is 0.150 e. The highest BCUT2D eigenvalue weighted by atomic mass is 16.1. The van der Waals surface area contributed by atoms with Crippen LogP contribution in [0.3, 0.4) is 0 Å². The second-order valence-corrected chi connectivity index (χ2v) is 5.05. The Balaban J connectivity index is 1.93. The van der Waals surface area contributed by atoms with Gasteiger partial charge in [-0.2, -0.15) is 0 Å². The number of hydrogen-bond acceptors (Lipinski definition) is 1. The van der Waals surface area contributed by atoms with Crippen molar-refractivity contribution in [1.29, 1.82) is 0 Å². The predicted octanol–water partition coefficient (Wildman–Crippen LogP) is 3.70. The molecule has 0 aliphatic heterocycles.